The standard InChI is InChI=1S/C16H22O4/c1-5-7-11-10(6-2)12-8-16(9-13(11)12,14(17)19-3)15(18)20-4/h5-7,11-13H,8-9H2,1-4H3/b7-5+,10-6-/t11-,12-,13+/m0/s1. The van der Waals surface area contributed by atoms with Crippen molar-refractivity contribution in [2.45, 2.75) is 26.7 Å². The van der Waals surface area contributed by atoms with Crippen LogP contribution in [0.1, 0.15) is 26.7 Å². The molecule has 2 saturated carbocycles. The van der Waals surface area contributed by atoms with Crippen molar-refractivity contribution in [3.8, 4) is 0 Å². The van der Waals surface area contributed by atoms with E-state index < -0.39 is 17.4 Å². The Hall–Kier alpha value is -1.58. The molecule has 0 aromatic carbocycles. The summed E-state index contributed by atoms with van der Waals surface area (Å²) in [5, 5.41) is 0. The van der Waals surface area contributed by atoms with Gasteiger partial charge >= 0.3 is 11.9 Å². The van der Waals surface area contributed by atoms with Crippen LogP contribution in [0.5, 0.6) is 0 Å². The number of hydrogen-bond donors (Lipinski definition) is 0. The van der Waals surface area contributed by atoms with E-state index in [1.807, 2.05) is 19.9 Å². The molecule has 4 heteroatoms. The summed E-state index contributed by atoms with van der Waals surface area (Å²) in [5.74, 6) is 0.0306. The summed E-state index contributed by atoms with van der Waals surface area (Å²) < 4.78 is 9.74. The number of esters is 2. The van der Waals surface area contributed by atoms with Gasteiger partial charge in [-0.3, -0.25) is 9.59 Å². The first-order valence-corrected chi connectivity index (χ1v) is 7.01. The largest absolute Gasteiger partial charge is 0.468 e. The first-order valence-electron chi connectivity index (χ1n) is 7.01. The second kappa shape index (κ2) is 5.43. The van der Waals surface area contributed by atoms with Gasteiger partial charge in [-0.25, -0.2) is 0 Å². The van der Waals surface area contributed by atoms with Crippen LogP contribution in [0, 0.1) is 23.2 Å². The molecule has 0 heterocycles. The zero-order valence-electron chi connectivity index (χ0n) is 12.5. The molecule has 0 N–H and O–H groups in total. The van der Waals surface area contributed by atoms with Gasteiger partial charge in [0.05, 0.1) is 14.2 Å². The van der Waals surface area contributed by atoms with E-state index in [1.54, 1.807) is 0 Å². The Morgan fingerprint density at radius 1 is 1.15 bits per heavy atom. The average Bonchev–Trinajstić information content (AvgIpc) is 2.81. The topological polar surface area (TPSA) is 52.6 Å². The minimum Gasteiger partial charge on any atom is -0.468 e. The molecule has 2 fully saturated rings. The van der Waals surface area contributed by atoms with Crippen LogP contribution in [0.3, 0.4) is 0 Å². The van der Waals surface area contributed by atoms with Crippen molar-refractivity contribution in [3.63, 3.8) is 0 Å². The van der Waals surface area contributed by atoms with E-state index in [2.05, 4.69) is 12.2 Å². The number of fused-ring (bicyclic) bond motifs is 1. The third-order valence-corrected chi connectivity index (χ3v) is 4.83. The fourth-order valence-corrected chi connectivity index (χ4v) is 3.95. The molecule has 2 rings (SSSR count). The van der Waals surface area contributed by atoms with Crippen LogP contribution in [0.2, 0.25) is 0 Å². The number of hydrogen-bond acceptors (Lipinski definition) is 4. The van der Waals surface area contributed by atoms with E-state index in [0.717, 1.165) is 0 Å². The molecule has 0 radical (unpaired) electrons. The lowest BCUT2D eigenvalue weighted by Gasteiger charge is -2.42. The normalized spacial score (nSPS) is 32.8. The second-order valence-corrected chi connectivity index (χ2v) is 5.58. The zero-order chi connectivity index (χ0) is 14.9. The summed E-state index contributed by atoms with van der Waals surface area (Å²) >= 11 is 0. The van der Waals surface area contributed by atoms with Crippen molar-refractivity contribution >= 4 is 11.9 Å². The highest BCUT2D eigenvalue weighted by molar-refractivity contribution is 6.00. The zero-order valence-corrected chi connectivity index (χ0v) is 12.5. The molecule has 0 amide bonds. The summed E-state index contributed by atoms with van der Waals surface area (Å²) in [7, 11) is 2.65. The Morgan fingerprint density at radius 2 is 1.75 bits per heavy atom. The van der Waals surface area contributed by atoms with Crippen LogP contribution in [0.4, 0.5) is 0 Å². The fourth-order valence-electron chi connectivity index (χ4n) is 3.95. The number of ether oxygens (including phenoxy) is 2. The second-order valence-electron chi connectivity index (χ2n) is 5.58. The van der Waals surface area contributed by atoms with Crippen LogP contribution in [-0.4, -0.2) is 26.2 Å². The summed E-state index contributed by atoms with van der Waals surface area (Å²) in [6.07, 6.45) is 7.31. The summed E-state index contributed by atoms with van der Waals surface area (Å²) in [6, 6.07) is 0. The van der Waals surface area contributed by atoms with Crippen LogP contribution in [0.15, 0.2) is 23.8 Å². The minimum absolute atomic E-state index is 0.291. The van der Waals surface area contributed by atoms with Gasteiger partial charge in [-0.05, 0) is 38.5 Å². The highest BCUT2D eigenvalue weighted by atomic mass is 16.5. The molecule has 0 unspecified atom stereocenters. The van der Waals surface area contributed by atoms with Crippen molar-refractivity contribution in [1.29, 1.82) is 0 Å². The quantitative estimate of drug-likeness (QED) is 0.452. The molecule has 0 bridgehead atoms. The third kappa shape index (κ3) is 1.89. The Kier molecular flexibility index (Phi) is 4.02. The van der Waals surface area contributed by atoms with Gasteiger partial charge in [-0.1, -0.05) is 23.8 Å². The van der Waals surface area contributed by atoms with Crippen molar-refractivity contribution in [3.05, 3.63) is 23.8 Å². The van der Waals surface area contributed by atoms with Crippen molar-refractivity contribution in [2.24, 2.45) is 23.2 Å². The Bertz CT molecular complexity index is 459. The number of allylic oxidation sites excluding steroid dienone is 4. The van der Waals surface area contributed by atoms with Gasteiger partial charge in [0.1, 0.15) is 0 Å². The van der Waals surface area contributed by atoms with Gasteiger partial charge in [0.15, 0.2) is 5.41 Å². The Balaban J connectivity index is 2.33. The molecule has 3 atom stereocenters. The molecule has 0 saturated heterocycles. The summed E-state index contributed by atoms with van der Waals surface area (Å²) in [6.45, 7) is 4.00. The van der Waals surface area contributed by atoms with Gasteiger partial charge in [0.25, 0.3) is 0 Å². The maximum atomic E-state index is 12.2. The molecule has 20 heavy (non-hydrogen) atoms. The first-order chi connectivity index (χ1) is 9.55. The van der Waals surface area contributed by atoms with Crippen molar-refractivity contribution in [2.75, 3.05) is 14.2 Å². The Labute approximate surface area is 119 Å². The lowest BCUT2D eigenvalue weighted by molar-refractivity contribution is -0.168. The molecular weight excluding hydrogens is 256 g/mol. The van der Waals surface area contributed by atoms with E-state index in [9.17, 15) is 9.59 Å². The van der Waals surface area contributed by atoms with E-state index in [-0.39, 0.29) is 0 Å². The van der Waals surface area contributed by atoms with Crippen LogP contribution in [-0.2, 0) is 19.1 Å². The van der Waals surface area contributed by atoms with Gasteiger partial charge in [0, 0.05) is 5.92 Å². The van der Waals surface area contributed by atoms with E-state index >= 15 is 0 Å². The van der Waals surface area contributed by atoms with E-state index in [4.69, 9.17) is 9.47 Å². The highest BCUT2D eigenvalue weighted by Crippen LogP contribution is 2.62. The number of carbonyl (C=O) groups is 2. The predicted octanol–water partition coefficient (Wildman–Crippen LogP) is 2.50. The lowest BCUT2D eigenvalue weighted by atomic mass is 9.62. The van der Waals surface area contributed by atoms with Crippen molar-refractivity contribution < 1.29 is 19.1 Å². The van der Waals surface area contributed by atoms with Crippen LogP contribution in [0.25, 0.3) is 0 Å². The first kappa shape index (κ1) is 14.8. The molecule has 2 aliphatic rings. The van der Waals surface area contributed by atoms with Gasteiger partial charge < -0.3 is 9.47 Å². The molecule has 0 aromatic rings. The summed E-state index contributed by atoms with van der Waals surface area (Å²) in [4.78, 5) is 24.3. The van der Waals surface area contributed by atoms with Crippen molar-refractivity contribution in [1.82, 2.24) is 0 Å². The van der Waals surface area contributed by atoms with Gasteiger partial charge in [-0.15, -0.1) is 0 Å². The van der Waals surface area contributed by atoms with Gasteiger partial charge in [-0.2, -0.15) is 0 Å². The molecule has 4 nitrogen and oxygen atoms in total. The monoisotopic (exact) mass is 278 g/mol. The highest BCUT2D eigenvalue weighted by Gasteiger charge is 2.63. The summed E-state index contributed by atoms with van der Waals surface area (Å²) in [5.41, 5.74) is 0.200. The van der Waals surface area contributed by atoms with E-state index in [0.29, 0.717) is 30.6 Å². The Morgan fingerprint density at radius 3 is 2.20 bits per heavy atom. The molecule has 0 aromatic heterocycles. The average molecular weight is 278 g/mol. The maximum absolute atomic E-state index is 12.2. The molecule has 0 spiro atoms. The molecule has 2 aliphatic carbocycles. The molecule has 0 aliphatic heterocycles. The third-order valence-electron chi connectivity index (χ3n) is 4.83. The van der Waals surface area contributed by atoms with E-state index in [1.165, 1.54) is 19.8 Å². The minimum atomic E-state index is -1.12. The molecule has 110 valence electrons. The number of methoxy groups -OCH3 is 2. The lowest BCUT2D eigenvalue weighted by Crippen LogP contribution is -2.39. The maximum Gasteiger partial charge on any atom is 0.323 e. The van der Waals surface area contributed by atoms with Crippen LogP contribution >= 0.6 is 0 Å². The smallest absolute Gasteiger partial charge is 0.323 e. The van der Waals surface area contributed by atoms with Crippen LogP contribution < -0.4 is 0 Å². The van der Waals surface area contributed by atoms with Gasteiger partial charge in [0.2, 0.25) is 0 Å². The number of carbonyl (C=O) groups excluding carboxylic acids is 2. The SMILES string of the molecule is C/C=C/[C@H]1/C(=C/C)[C@@H]2CC(C(=O)OC)(C(=O)OC)C[C@H]12. The fraction of sp³-hybridized carbons (Fsp3) is 0.625. The number of rotatable bonds is 3. The predicted molar refractivity (Wildman–Crippen MR) is 74.7 cm³/mol. The molecular formula is C16H22O4.